The maximum atomic E-state index is 12.9. The molecule has 28 heavy (non-hydrogen) atoms. The molecule has 1 atom stereocenters. The van der Waals surface area contributed by atoms with E-state index in [0.29, 0.717) is 22.7 Å². The van der Waals surface area contributed by atoms with Crippen molar-refractivity contribution in [3.63, 3.8) is 0 Å². The number of rotatable bonds is 8. The Bertz CT molecular complexity index is 961. The molecule has 0 aliphatic heterocycles. The Balaban J connectivity index is 2.37. The predicted octanol–water partition coefficient (Wildman–Crippen LogP) is 3.42. The van der Waals surface area contributed by atoms with Crippen molar-refractivity contribution in [3.05, 3.63) is 42.0 Å². The van der Waals surface area contributed by atoms with E-state index < -0.39 is 16.1 Å². The topological polar surface area (TPSA) is 93.7 Å². The molecule has 9 heteroatoms. The van der Waals surface area contributed by atoms with Crippen molar-refractivity contribution in [2.24, 2.45) is 0 Å². The van der Waals surface area contributed by atoms with Gasteiger partial charge in [0.25, 0.3) is 0 Å². The fraction of sp³-hybridized carbons (Fsp3) is 0.316. The summed E-state index contributed by atoms with van der Waals surface area (Å²) in [7, 11) is -0.782. The molecule has 7 nitrogen and oxygen atoms in total. The summed E-state index contributed by atoms with van der Waals surface area (Å²) in [6.07, 6.45) is 1.85. The van der Waals surface area contributed by atoms with Gasteiger partial charge in [0.15, 0.2) is 0 Å². The van der Waals surface area contributed by atoms with E-state index in [1.165, 1.54) is 45.0 Å². The van der Waals surface area contributed by atoms with E-state index >= 15 is 0 Å². The lowest BCUT2D eigenvalue weighted by molar-refractivity contribution is -0.114. The Kier molecular flexibility index (Phi) is 7.34. The summed E-state index contributed by atoms with van der Waals surface area (Å²) in [4.78, 5) is 12.3. The molecule has 0 bridgehead atoms. The lowest BCUT2D eigenvalue weighted by atomic mass is 10.1. The summed E-state index contributed by atoms with van der Waals surface area (Å²) in [5, 5.41) is 2.67. The Morgan fingerprint density at radius 1 is 1.11 bits per heavy atom. The van der Waals surface area contributed by atoms with E-state index in [1.807, 2.05) is 6.26 Å². The van der Waals surface area contributed by atoms with Crippen LogP contribution in [0.5, 0.6) is 11.5 Å². The van der Waals surface area contributed by atoms with Crippen molar-refractivity contribution in [1.82, 2.24) is 4.72 Å². The molecule has 0 heterocycles. The minimum atomic E-state index is -3.84. The zero-order chi connectivity index (χ0) is 20.9. The standard InChI is InChI=1S/C19H24N2O5S2/c1-12(16-10-14(25-3)6-8-18(16)26-4)21-28(23,24)15-7-9-19(27-5)17(11-15)20-13(2)22/h6-12,21H,1-5H3,(H,20,22)/t12-/m1/s1. The first kappa shape index (κ1) is 22.1. The zero-order valence-corrected chi connectivity index (χ0v) is 18.0. The zero-order valence-electron chi connectivity index (χ0n) is 16.4. The Labute approximate surface area is 169 Å². The minimum absolute atomic E-state index is 0.0581. The third-order valence-electron chi connectivity index (χ3n) is 4.03. The number of hydrogen-bond acceptors (Lipinski definition) is 6. The number of sulfonamides is 1. The first-order valence-electron chi connectivity index (χ1n) is 8.41. The highest BCUT2D eigenvalue weighted by atomic mass is 32.2. The number of thioether (sulfide) groups is 1. The van der Waals surface area contributed by atoms with Gasteiger partial charge in [0.05, 0.1) is 24.8 Å². The van der Waals surface area contributed by atoms with E-state index in [0.717, 1.165) is 4.90 Å². The van der Waals surface area contributed by atoms with Gasteiger partial charge in [-0.25, -0.2) is 13.1 Å². The van der Waals surface area contributed by atoms with Crippen LogP contribution in [0.2, 0.25) is 0 Å². The molecular formula is C19H24N2O5S2. The van der Waals surface area contributed by atoms with Crippen LogP contribution in [0, 0.1) is 0 Å². The quantitative estimate of drug-likeness (QED) is 0.631. The smallest absolute Gasteiger partial charge is 0.241 e. The SMILES string of the molecule is COc1ccc(OC)c([C@@H](C)NS(=O)(=O)c2ccc(SC)c(NC(C)=O)c2)c1. The van der Waals surface area contributed by atoms with Gasteiger partial charge in [-0.15, -0.1) is 11.8 Å². The second kappa shape index (κ2) is 9.31. The van der Waals surface area contributed by atoms with Crippen LogP contribution in [-0.4, -0.2) is 34.8 Å². The third kappa shape index (κ3) is 5.18. The molecule has 0 aromatic heterocycles. The number of ether oxygens (including phenoxy) is 2. The van der Waals surface area contributed by atoms with Gasteiger partial charge >= 0.3 is 0 Å². The molecule has 0 saturated carbocycles. The molecule has 2 aromatic carbocycles. The lowest BCUT2D eigenvalue weighted by Crippen LogP contribution is -2.27. The van der Waals surface area contributed by atoms with Crippen LogP contribution < -0.4 is 19.5 Å². The summed E-state index contributed by atoms with van der Waals surface area (Å²) in [6.45, 7) is 3.10. The van der Waals surface area contributed by atoms with Crippen LogP contribution in [0.3, 0.4) is 0 Å². The van der Waals surface area contributed by atoms with Crippen molar-refractivity contribution in [3.8, 4) is 11.5 Å². The van der Waals surface area contributed by atoms with E-state index in [9.17, 15) is 13.2 Å². The fourth-order valence-electron chi connectivity index (χ4n) is 2.68. The molecule has 1 amide bonds. The number of methoxy groups -OCH3 is 2. The number of carbonyl (C=O) groups is 1. The molecule has 152 valence electrons. The van der Waals surface area contributed by atoms with E-state index in [-0.39, 0.29) is 10.8 Å². The van der Waals surface area contributed by atoms with Crippen LogP contribution in [0.25, 0.3) is 0 Å². The Hall–Kier alpha value is -2.23. The van der Waals surface area contributed by atoms with Crippen molar-refractivity contribution < 1.29 is 22.7 Å². The van der Waals surface area contributed by atoms with E-state index in [1.54, 1.807) is 31.2 Å². The second-order valence-corrected chi connectivity index (χ2v) is 8.56. The lowest BCUT2D eigenvalue weighted by Gasteiger charge is -2.19. The maximum absolute atomic E-state index is 12.9. The molecule has 0 unspecified atom stereocenters. The molecule has 2 aromatic rings. The summed E-state index contributed by atoms with van der Waals surface area (Å²) in [6, 6.07) is 9.25. The van der Waals surface area contributed by atoms with Crippen molar-refractivity contribution in [2.45, 2.75) is 29.7 Å². The van der Waals surface area contributed by atoms with E-state index in [4.69, 9.17) is 9.47 Å². The van der Waals surface area contributed by atoms with E-state index in [2.05, 4.69) is 10.0 Å². The summed E-state index contributed by atoms with van der Waals surface area (Å²) in [5.74, 6) is 0.874. The van der Waals surface area contributed by atoms with Gasteiger partial charge in [-0.2, -0.15) is 0 Å². The fourth-order valence-corrected chi connectivity index (χ4v) is 4.47. The number of nitrogens with one attached hydrogen (secondary N) is 2. The number of amides is 1. The first-order chi connectivity index (χ1) is 13.2. The minimum Gasteiger partial charge on any atom is -0.497 e. The second-order valence-electron chi connectivity index (χ2n) is 5.99. The molecule has 0 spiro atoms. The number of anilines is 1. The van der Waals surface area contributed by atoms with Gasteiger partial charge in [0, 0.05) is 23.4 Å². The first-order valence-corrected chi connectivity index (χ1v) is 11.1. The summed E-state index contributed by atoms with van der Waals surface area (Å²) < 4.78 is 39.0. The molecule has 2 N–H and O–H groups in total. The van der Waals surface area contributed by atoms with Crippen molar-refractivity contribution in [2.75, 3.05) is 25.8 Å². The molecule has 0 saturated heterocycles. The number of hydrogen-bond donors (Lipinski definition) is 2. The van der Waals surface area contributed by atoms with Crippen molar-refractivity contribution in [1.29, 1.82) is 0 Å². The van der Waals surface area contributed by atoms with Gasteiger partial charge < -0.3 is 14.8 Å². The molecular weight excluding hydrogens is 400 g/mol. The molecule has 2 rings (SSSR count). The monoisotopic (exact) mass is 424 g/mol. The van der Waals surface area contributed by atoms with Gasteiger partial charge in [-0.05, 0) is 49.6 Å². The van der Waals surface area contributed by atoms with Gasteiger partial charge in [-0.3, -0.25) is 4.79 Å². The van der Waals surface area contributed by atoms with Crippen LogP contribution in [0.15, 0.2) is 46.2 Å². The van der Waals surface area contributed by atoms with Crippen LogP contribution in [0.1, 0.15) is 25.5 Å². The normalized spacial score (nSPS) is 12.3. The highest BCUT2D eigenvalue weighted by Gasteiger charge is 2.22. The predicted molar refractivity (Wildman–Crippen MR) is 111 cm³/mol. The average Bonchev–Trinajstić information content (AvgIpc) is 2.66. The number of carbonyl (C=O) groups excluding carboxylic acids is 1. The molecule has 0 aliphatic rings. The van der Waals surface area contributed by atoms with Crippen LogP contribution in [0.4, 0.5) is 5.69 Å². The largest absolute Gasteiger partial charge is 0.497 e. The van der Waals surface area contributed by atoms with Gasteiger partial charge in [0.1, 0.15) is 11.5 Å². The number of benzene rings is 2. The third-order valence-corrected chi connectivity index (χ3v) is 6.36. The average molecular weight is 425 g/mol. The summed E-state index contributed by atoms with van der Waals surface area (Å²) >= 11 is 1.42. The molecule has 0 aliphatic carbocycles. The van der Waals surface area contributed by atoms with Crippen LogP contribution in [-0.2, 0) is 14.8 Å². The Morgan fingerprint density at radius 3 is 2.39 bits per heavy atom. The van der Waals surface area contributed by atoms with Gasteiger partial charge in [0.2, 0.25) is 15.9 Å². The molecule has 0 radical (unpaired) electrons. The highest BCUT2D eigenvalue weighted by Crippen LogP contribution is 2.32. The maximum Gasteiger partial charge on any atom is 0.241 e. The van der Waals surface area contributed by atoms with Gasteiger partial charge in [-0.1, -0.05) is 0 Å². The van der Waals surface area contributed by atoms with Crippen LogP contribution >= 0.6 is 11.8 Å². The highest BCUT2D eigenvalue weighted by molar-refractivity contribution is 7.98. The Morgan fingerprint density at radius 2 is 1.82 bits per heavy atom. The summed E-state index contributed by atoms with van der Waals surface area (Å²) in [5.41, 5.74) is 1.10. The molecule has 0 fully saturated rings. The van der Waals surface area contributed by atoms with Crippen molar-refractivity contribution >= 4 is 33.4 Å².